The van der Waals surface area contributed by atoms with Crippen LogP contribution in [0, 0.1) is 11.6 Å². The van der Waals surface area contributed by atoms with Gasteiger partial charge >= 0.3 is 0 Å². The van der Waals surface area contributed by atoms with E-state index in [1.807, 2.05) is 0 Å². The number of hydrogen-bond donors (Lipinski definition) is 3. The Bertz CT molecular complexity index is 313. The molecular formula is C9H13ClF2N2O. The molecule has 0 heterocycles. The summed E-state index contributed by atoms with van der Waals surface area (Å²) >= 11 is 0. The first-order valence-electron chi connectivity index (χ1n) is 4.19. The molecule has 0 saturated carbocycles. The lowest BCUT2D eigenvalue weighted by Crippen LogP contribution is -2.17. The molecule has 3 nitrogen and oxygen atoms in total. The summed E-state index contributed by atoms with van der Waals surface area (Å²) in [4.78, 5) is 0. The van der Waals surface area contributed by atoms with E-state index in [9.17, 15) is 13.9 Å². The minimum absolute atomic E-state index is 0. The van der Waals surface area contributed by atoms with Gasteiger partial charge in [-0.05, 0) is 13.0 Å². The maximum absolute atomic E-state index is 13.2. The van der Waals surface area contributed by atoms with Crippen LogP contribution in [0.2, 0.25) is 0 Å². The van der Waals surface area contributed by atoms with Crippen LogP contribution in [0.25, 0.3) is 0 Å². The third-order valence-electron chi connectivity index (χ3n) is 1.92. The predicted octanol–water partition coefficient (Wildman–Crippen LogP) is 1.44. The number of hydrogen-bond acceptors (Lipinski definition) is 3. The molecule has 0 aliphatic rings. The normalized spacial score (nSPS) is 12.0. The summed E-state index contributed by atoms with van der Waals surface area (Å²) in [6.07, 6.45) is 0.329. The number of halogens is 3. The smallest absolute Gasteiger partial charge is 0.134 e. The van der Waals surface area contributed by atoms with Gasteiger partial charge in [-0.15, -0.1) is 12.4 Å². The van der Waals surface area contributed by atoms with Crippen LogP contribution in [0.3, 0.4) is 0 Å². The molecule has 0 spiro atoms. The van der Waals surface area contributed by atoms with Gasteiger partial charge in [0.1, 0.15) is 17.4 Å². The monoisotopic (exact) mass is 238 g/mol. The zero-order chi connectivity index (χ0) is 10.7. The van der Waals surface area contributed by atoms with Crippen LogP contribution >= 0.6 is 12.4 Å². The van der Waals surface area contributed by atoms with Gasteiger partial charge in [0, 0.05) is 23.7 Å². The van der Waals surface area contributed by atoms with Gasteiger partial charge < -0.3 is 16.6 Å². The van der Waals surface area contributed by atoms with Gasteiger partial charge in [-0.25, -0.2) is 8.78 Å². The molecule has 0 unspecified atom stereocenters. The van der Waals surface area contributed by atoms with Crippen molar-refractivity contribution in [3.8, 4) is 5.75 Å². The molecule has 5 N–H and O–H groups in total. The fourth-order valence-corrected chi connectivity index (χ4v) is 1.26. The van der Waals surface area contributed by atoms with E-state index in [4.69, 9.17) is 11.5 Å². The minimum Gasteiger partial charge on any atom is -0.507 e. The maximum Gasteiger partial charge on any atom is 0.134 e. The summed E-state index contributed by atoms with van der Waals surface area (Å²) in [5.74, 6) is -2.14. The Morgan fingerprint density at radius 2 is 1.93 bits per heavy atom. The topological polar surface area (TPSA) is 72.3 Å². The molecule has 0 saturated heterocycles. The molecule has 6 heteroatoms. The number of benzene rings is 1. The first-order valence-corrected chi connectivity index (χ1v) is 4.19. The summed E-state index contributed by atoms with van der Waals surface area (Å²) in [5.41, 5.74) is 10.7. The summed E-state index contributed by atoms with van der Waals surface area (Å²) < 4.78 is 25.8. The highest BCUT2D eigenvalue weighted by Gasteiger charge is 2.16. The zero-order valence-corrected chi connectivity index (χ0v) is 8.73. The van der Waals surface area contributed by atoms with E-state index >= 15 is 0 Å². The van der Waals surface area contributed by atoms with Gasteiger partial charge in [0.05, 0.1) is 0 Å². The number of aromatic hydroxyl groups is 1. The van der Waals surface area contributed by atoms with Gasteiger partial charge in [-0.2, -0.15) is 0 Å². The Kier molecular flexibility index (Phi) is 5.49. The number of rotatable bonds is 3. The largest absolute Gasteiger partial charge is 0.507 e. The lowest BCUT2D eigenvalue weighted by atomic mass is 10.0. The quantitative estimate of drug-likeness (QED) is 0.746. The van der Waals surface area contributed by atoms with Crippen LogP contribution in [0.5, 0.6) is 5.75 Å². The molecule has 0 aliphatic carbocycles. The second-order valence-corrected chi connectivity index (χ2v) is 3.00. The van der Waals surface area contributed by atoms with Crippen LogP contribution in [-0.2, 0) is 0 Å². The molecule has 0 aliphatic heterocycles. The number of phenolic OH excluding ortho intramolecular Hbond substituents is 1. The lowest BCUT2D eigenvalue weighted by Gasteiger charge is -2.13. The summed E-state index contributed by atoms with van der Waals surface area (Å²) in [7, 11) is 0. The van der Waals surface area contributed by atoms with Crippen LogP contribution in [0.4, 0.5) is 8.78 Å². The van der Waals surface area contributed by atoms with E-state index in [2.05, 4.69) is 0 Å². The highest BCUT2D eigenvalue weighted by Crippen LogP contribution is 2.28. The molecule has 15 heavy (non-hydrogen) atoms. The first-order chi connectivity index (χ1) is 6.56. The van der Waals surface area contributed by atoms with E-state index in [0.29, 0.717) is 12.5 Å². The summed E-state index contributed by atoms with van der Waals surface area (Å²) in [6.45, 7) is 0.275. The third-order valence-corrected chi connectivity index (χ3v) is 1.92. The van der Waals surface area contributed by atoms with Gasteiger partial charge in [0.2, 0.25) is 0 Å². The highest BCUT2D eigenvalue weighted by molar-refractivity contribution is 5.85. The molecule has 0 aromatic heterocycles. The number of nitrogens with two attached hydrogens (primary N) is 2. The molecule has 1 atom stereocenters. The van der Waals surface area contributed by atoms with Crippen LogP contribution in [0.1, 0.15) is 18.0 Å². The second kappa shape index (κ2) is 5.85. The highest BCUT2D eigenvalue weighted by atomic mass is 35.5. The van der Waals surface area contributed by atoms with Gasteiger partial charge in [-0.1, -0.05) is 0 Å². The van der Waals surface area contributed by atoms with Crippen molar-refractivity contribution in [3.63, 3.8) is 0 Å². The van der Waals surface area contributed by atoms with E-state index in [1.165, 1.54) is 0 Å². The average Bonchev–Trinajstić information content (AvgIpc) is 2.01. The molecule has 86 valence electrons. The van der Waals surface area contributed by atoms with Crippen LogP contribution in [0.15, 0.2) is 12.1 Å². The Labute approximate surface area is 92.5 Å². The molecule has 0 amide bonds. The van der Waals surface area contributed by atoms with Gasteiger partial charge in [0.25, 0.3) is 0 Å². The predicted molar refractivity (Wildman–Crippen MR) is 55.9 cm³/mol. The van der Waals surface area contributed by atoms with Crippen molar-refractivity contribution in [1.29, 1.82) is 0 Å². The van der Waals surface area contributed by atoms with Crippen molar-refractivity contribution >= 4 is 12.4 Å². The maximum atomic E-state index is 13.2. The van der Waals surface area contributed by atoms with E-state index < -0.39 is 23.4 Å². The molecule has 1 rings (SSSR count). The molecule has 0 radical (unpaired) electrons. The van der Waals surface area contributed by atoms with Crippen molar-refractivity contribution in [2.45, 2.75) is 12.5 Å². The second-order valence-electron chi connectivity index (χ2n) is 3.00. The van der Waals surface area contributed by atoms with E-state index in [1.54, 1.807) is 0 Å². The Morgan fingerprint density at radius 3 is 2.40 bits per heavy atom. The van der Waals surface area contributed by atoms with Gasteiger partial charge in [-0.3, -0.25) is 0 Å². The van der Waals surface area contributed by atoms with Crippen molar-refractivity contribution < 1.29 is 13.9 Å². The Balaban J connectivity index is 0.00000196. The Morgan fingerprint density at radius 1 is 1.33 bits per heavy atom. The van der Waals surface area contributed by atoms with Gasteiger partial charge in [0.15, 0.2) is 0 Å². The Hall–Kier alpha value is -0.910. The average molecular weight is 239 g/mol. The first kappa shape index (κ1) is 14.1. The number of phenols is 1. The molecule has 0 bridgehead atoms. The van der Waals surface area contributed by atoms with Crippen LogP contribution in [-0.4, -0.2) is 11.7 Å². The standard InChI is InChI=1S/C9H12F2N2O.ClH/c10-5-3-6(11)9(8(14)4-5)7(13)1-2-12;/h3-4,7,14H,1-2,12-13H2;1H/t7-;/m1./s1. The third kappa shape index (κ3) is 3.30. The fraction of sp³-hybridized carbons (Fsp3) is 0.333. The van der Waals surface area contributed by atoms with Crippen LogP contribution < -0.4 is 11.5 Å². The SMILES string of the molecule is Cl.NCC[C@@H](N)c1c(O)cc(F)cc1F. The summed E-state index contributed by atoms with van der Waals surface area (Å²) in [6, 6.07) is 0.806. The van der Waals surface area contributed by atoms with E-state index in [-0.39, 0.29) is 24.5 Å². The van der Waals surface area contributed by atoms with Crippen molar-refractivity contribution in [2.24, 2.45) is 11.5 Å². The fourth-order valence-electron chi connectivity index (χ4n) is 1.26. The van der Waals surface area contributed by atoms with E-state index in [0.717, 1.165) is 6.07 Å². The van der Waals surface area contributed by atoms with Crippen molar-refractivity contribution in [1.82, 2.24) is 0 Å². The molecule has 1 aromatic carbocycles. The molecular weight excluding hydrogens is 226 g/mol. The summed E-state index contributed by atoms with van der Waals surface area (Å²) in [5, 5.41) is 9.27. The zero-order valence-electron chi connectivity index (χ0n) is 7.91. The minimum atomic E-state index is -0.844. The molecule has 1 aromatic rings. The van der Waals surface area contributed by atoms with Crippen molar-refractivity contribution in [2.75, 3.05) is 6.54 Å². The molecule has 0 fully saturated rings. The van der Waals surface area contributed by atoms with Crippen molar-refractivity contribution in [3.05, 3.63) is 29.3 Å². The lowest BCUT2D eigenvalue weighted by molar-refractivity contribution is 0.437.